The van der Waals surface area contributed by atoms with E-state index in [0.717, 1.165) is 47.8 Å². The second-order valence-corrected chi connectivity index (χ2v) is 11.0. The fraction of sp³-hybridized carbons (Fsp3) is 1.00. The van der Waals surface area contributed by atoms with Gasteiger partial charge in [-0.05, 0) is 106 Å². The molecule has 0 aliphatic heterocycles. The quantitative estimate of drug-likeness (QED) is 0.423. The summed E-state index contributed by atoms with van der Waals surface area (Å²) in [4.78, 5) is 0. The molecule has 0 amide bonds. The first-order valence-corrected chi connectivity index (χ1v) is 13.4. The van der Waals surface area contributed by atoms with Crippen LogP contribution in [0.2, 0.25) is 0 Å². The second-order valence-electron chi connectivity index (χ2n) is 11.0. The third kappa shape index (κ3) is 6.23. The molecule has 0 aromatic rings. The van der Waals surface area contributed by atoms with Crippen molar-refractivity contribution in [2.75, 3.05) is 6.61 Å². The number of unbranched alkanes of at least 4 members (excludes halogenated alkanes) is 1. The predicted octanol–water partition coefficient (Wildman–Crippen LogP) is 8.00. The standard InChI is InChI=1S/C27H50O/c1-3-5-7-21-9-12-24(13-10-21)25-14-16-26(17-15-25)27-18-11-22(8-6-19-28)20-23(27)4-2/h21-28H,3-20H2,1-2H3. The van der Waals surface area contributed by atoms with Gasteiger partial charge in [-0.1, -0.05) is 58.8 Å². The molecule has 3 aliphatic rings. The maximum atomic E-state index is 9.16. The molecular formula is C27H50O. The van der Waals surface area contributed by atoms with Crippen molar-refractivity contribution in [1.29, 1.82) is 0 Å². The minimum Gasteiger partial charge on any atom is -0.396 e. The summed E-state index contributed by atoms with van der Waals surface area (Å²) in [5, 5.41) is 9.16. The van der Waals surface area contributed by atoms with Crippen molar-refractivity contribution in [2.45, 2.75) is 123 Å². The molecule has 0 bridgehead atoms. The number of hydrogen-bond acceptors (Lipinski definition) is 1. The van der Waals surface area contributed by atoms with Crippen molar-refractivity contribution in [1.82, 2.24) is 0 Å². The molecule has 0 radical (unpaired) electrons. The highest BCUT2D eigenvalue weighted by atomic mass is 16.2. The Morgan fingerprint density at radius 3 is 1.82 bits per heavy atom. The molecule has 3 unspecified atom stereocenters. The lowest BCUT2D eigenvalue weighted by atomic mass is 9.61. The summed E-state index contributed by atoms with van der Waals surface area (Å²) in [5.74, 6) is 7.18. The van der Waals surface area contributed by atoms with Crippen molar-refractivity contribution < 1.29 is 5.11 Å². The molecular weight excluding hydrogens is 340 g/mol. The second kappa shape index (κ2) is 12.0. The highest BCUT2D eigenvalue weighted by Crippen LogP contribution is 2.49. The summed E-state index contributed by atoms with van der Waals surface area (Å²) in [6.45, 7) is 5.17. The van der Waals surface area contributed by atoms with Crippen molar-refractivity contribution >= 4 is 0 Å². The van der Waals surface area contributed by atoms with Crippen LogP contribution in [0.1, 0.15) is 123 Å². The molecule has 1 heteroatoms. The Morgan fingerprint density at radius 1 is 0.643 bits per heavy atom. The normalized spacial score (nSPS) is 39.8. The van der Waals surface area contributed by atoms with Crippen molar-refractivity contribution in [3.63, 3.8) is 0 Å². The van der Waals surface area contributed by atoms with Gasteiger partial charge < -0.3 is 5.11 Å². The Labute approximate surface area is 176 Å². The monoisotopic (exact) mass is 390 g/mol. The van der Waals surface area contributed by atoms with Crippen LogP contribution in [0.3, 0.4) is 0 Å². The van der Waals surface area contributed by atoms with Gasteiger partial charge in [0.15, 0.2) is 0 Å². The van der Waals surface area contributed by atoms with Gasteiger partial charge in [0.2, 0.25) is 0 Å². The molecule has 3 atom stereocenters. The first kappa shape index (κ1) is 22.6. The number of aliphatic hydroxyl groups excluding tert-OH is 1. The Hall–Kier alpha value is -0.0400. The molecule has 1 nitrogen and oxygen atoms in total. The Morgan fingerprint density at radius 2 is 1.21 bits per heavy atom. The highest BCUT2D eigenvalue weighted by Gasteiger charge is 2.37. The SMILES string of the molecule is CCCCC1CCC(C2CCC(C3CCC(CCCO)CC3CC)CC2)CC1. The van der Waals surface area contributed by atoms with Gasteiger partial charge in [-0.25, -0.2) is 0 Å². The minimum absolute atomic E-state index is 0.390. The number of rotatable bonds is 9. The largest absolute Gasteiger partial charge is 0.396 e. The lowest BCUT2D eigenvalue weighted by Crippen LogP contribution is -2.34. The van der Waals surface area contributed by atoms with Gasteiger partial charge in [0, 0.05) is 6.61 Å². The minimum atomic E-state index is 0.390. The molecule has 0 aromatic heterocycles. The molecule has 3 saturated carbocycles. The molecule has 3 aliphatic carbocycles. The van der Waals surface area contributed by atoms with Gasteiger partial charge in [0.1, 0.15) is 0 Å². The van der Waals surface area contributed by atoms with Gasteiger partial charge in [0.05, 0.1) is 0 Å². The molecule has 3 rings (SSSR count). The first-order valence-electron chi connectivity index (χ1n) is 13.4. The molecule has 3 fully saturated rings. The predicted molar refractivity (Wildman–Crippen MR) is 121 cm³/mol. The van der Waals surface area contributed by atoms with E-state index in [1.807, 2.05) is 0 Å². The van der Waals surface area contributed by atoms with E-state index in [1.54, 1.807) is 51.4 Å². The Kier molecular flexibility index (Phi) is 9.68. The van der Waals surface area contributed by atoms with E-state index in [2.05, 4.69) is 13.8 Å². The molecule has 0 heterocycles. The average Bonchev–Trinajstić information content (AvgIpc) is 2.76. The van der Waals surface area contributed by atoms with Crippen LogP contribution in [0.25, 0.3) is 0 Å². The van der Waals surface area contributed by atoms with Crippen molar-refractivity contribution in [3.05, 3.63) is 0 Å². The first-order chi connectivity index (χ1) is 13.7. The van der Waals surface area contributed by atoms with Crippen LogP contribution >= 0.6 is 0 Å². The van der Waals surface area contributed by atoms with Crippen molar-refractivity contribution in [3.8, 4) is 0 Å². The van der Waals surface area contributed by atoms with E-state index in [-0.39, 0.29) is 0 Å². The van der Waals surface area contributed by atoms with Gasteiger partial charge in [0.25, 0.3) is 0 Å². The molecule has 0 spiro atoms. The van der Waals surface area contributed by atoms with Crippen LogP contribution in [0.4, 0.5) is 0 Å². The lowest BCUT2D eigenvalue weighted by Gasteiger charge is -2.44. The van der Waals surface area contributed by atoms with E-state index >= 15 is 0 Å². The summed E-state index contributed by atoms with van der Waals surface area (Å²) in [6.07, 6.45) is 24.8. The Balaban J connectivity index is 1.40. The van der Waals surface area contributed by atoms with Crippen LogP contribution in [-0.2, 0) is 0 Å². The van der Waals surface area contributed by atoms with Crippen LogP contribution in [0, 0.1) is 41.4 Å². The third-order valence-corrected chi connectivity index (χ3v) is 9.39. The van der Waals surface area contributed by atoms with Gasteiger partial charge in [-0.2, -0.15) is 0 Å². The van der Waals surface area contributed by atoms with E-state index < -0.39 is 0 Å². The smallest absolute Gasteiger partial charge is 0.0431 e. The maximum Gasteiger partial charge on any atom is 0.0431 e. The van der Waals surface area contributed by atoms with Crippen molar-refractivity contribution in [2.24, 2.45) is 41.4 Å². The van der Waals surface area contributed by atoms with Crippen LogP contribution in [-0.4, -0.2) is 11.7 Å². The van der Waals surface area contributed by atoms with Gasteiger partial charge >= 0.3 is 0 Å². The van der Waals surface area contributed by atoms with Gasteiger partial charge in [-0.15, -0.1) is 0 Å². The summed E-state index contributed by atoms with van der Waals surface area (Å²) in [7, 11) is 0. The summed E-state index contributed by atoms with van der Waals surface area (Å²) in [5.41, 5.74) is 0. The highest BCUT2D eigenvalue weighted by molar-refractivity contribution is 4.88. The fourth-order valence-corrected chi connectivity index (χ4v) is 7.60. The molecule has 0 aromatic carbocycles. The van der Waals surface area contributed by atoms with E-state index in [4.69, 9.17) is 5.11 Å². The van der Waals surface area contributed by atoms with E-state index in [0.29, 0.717) is 6.61 Å². The Bertz CT molecular complexity index is 402. The average molecular weight is 391 g/mol. The fourth-order valence-electron chi connectivity index (χ4n) is 7.60. The maximum absolute atomic E-state index is 9.16. The van der Waals surface area contributed by atoms with E-state index in [1.165, 1.54) is 51.4 Å². The molecule has 1 N–H and O–H groups in total. The number of aliphatic hydroxyl groups is 1. The summed E-state index contributed by atoms with van der Waals surface area (Å²) in [6, 6.07) is 0. The summed E-state index contributed by atoms with van der Waals surface area (Å²) >= 11 is 0. The third-order valence-electron chi connectivity index (χ3n) is 9.39. The van der Waals surface area contributed by atoms with Crippen LogP contribution in [0.15, 0.2) is 0 Å². The lowest BCUT2D eigenvalue weighted by molar-refractivity contribution is 0.0633. The van der Waals surface area contributed by atoms with Gasteiger partial charge in [-0.3, -0.25) is 0 Å². The molecule has 28 heavy (non-hydrogen) atoms. The zero-order valence-corrected chi connectivity index (χ0v) is 19.2. The zero-order chi connectivity index (χ0) is 19.8. The molecule has 164 valence electrons. The summed E-state index contributed by atoms with van der Waals surface area (Å²) < 4.78 is 0. The topological polar surface area (TPSA) is 20.2 Å². The number of hydrogen-bond donors (Lipinski definition) is 1. The van der Waals surface area contributed by atoms with E-state index in [9.17, 15) is 0 Å². The van der Waals surface area contributed by atoms with Crippen LogP contribution in [0.5, 0.6) is 0 Å². The van der Waals surface area contributed by atoms with Crippen LogP contribution < -0.4 is 0 Å². The zero-order valence-electron chi connectivity index (χ0n) is 19.2. The molecule has 0 saturated heterocycles.